The zero-order valence-electron chi connectivity index (χ0n) is 13.0. The molecule has 0 aromatic carbocycles. The summed E-state index contributed by atoms with van der Waals surface area (Å²) in [5.74, 6) is 0.688. The summed E-state index contributed by atoms with van der Waals surface area (Å²) < 4.78 is 2.89. The molecule has 2 nitrogen and oxygen atoms in total. The van der Waals surface area contributed by atoms with Gasteiger partial charge in [-0.05, 0) is 19.9 Å². The van der Waals surface area contributed by atoms with Crippen LogP contribution in [0.5, 0.6) is 0 Å². The fourth-order valence-corrected chi connectivity index (χ4v) is 13.6. The lowest BCUT2D eigenvalue weighted by atomic mass is 9.64. The van der Waals surface area contributed by atoms with Crippen LogP contribution >= 0.6 is 0 Å². The van der Waals surface area contributed by atoms with Crippen molar-refractivity contribution >= 4 is 23.5 Å². The van der Waals surface area contributed by atoms with Crippen LogP contribution in [-0.4, -0.2) is 46.5 Å². The minimum absolute atomic E-state index is 0.596. The smallest absolute Gasteiger partial charge is 0.299 e. The fourth-order valence-electron chi connectivity index (χ4n) is 2.93. The minimum Gasteiger partial charge on any atom is -0.374 e. The second kappa shape index (κ2) is 5.38. The van der Waals surface area contributed by atoms with Gasteiger partial charge in [-0.1, -0.05) is 53.1 Å². The van der Waals surface area contributed by atoms with Gasteiger partial charge in [-0.25, -0.2) is 0 Å². The molecule has 0 fully saturated rings. The first-order chi connectivity index (χ1) is 6.89. The highest BCUT2D eigenvalue weighted by Crippen LogP contribution is 2.27. The van der Waals surface area contributed by atoms with E-state index in [9.17, 15) is 0 Å². The van der Waals surface area contributed by atoms with E-state index in [0.29, 0.717) is 12.8 Å². The molecule has 16 heavy (non-hydrogen) atoms. The van der Waals surface area contributed by atoms with Crippen LogP contribution in [0.4, 0.5) is 0 Å². The summed E-state index contributed by atoms with van der Waals surface area (Å²) in [4.78, 5) is 2.40. The first-order valence-electron chi connectivity index (χ1n) is 6.35. The third kappa shape index (κ3) is 4.35. The molecule has 0 unspecified atom stereocenters. The molecule has 0 atom stereocenters. The summed E-state index contributed by atoms with van der Waals surface area (Å²) >= 11 is 0. The molecule has 0 heterocycles. The summed E-state index contributed by atoms with van der Waals surface area (Å²) in [6.07, 6.45) is 0. The normalized spacial score (nSPS) is 14.1. The average molecular weight is 258 g/mol. The van der Waals surface area contributed by atoms with E-state index in [0.717, 1.165) is 0 Å². The molecule has 0 aliphatic heterocycles. The maximum atomic E-state index is 2.89. The minimum atomic E-state index is -1.26. The molecular formula is C11H31BN2Si2. The molecule has 96 valence electrons. The number of nitrogens with zero attached hydrogens (tertiary/aromatic N) is 2. The molecule has 0 radical (unpaired) electrons. The molecule has 0 aromatic rings. The van der Waals surface area contributed by atoms with Gasteiger partial charge in [0, 0.05) is 0 Å². The van der Waals surface area contributed by atoms with Gasteiger partial charge in [-0.3, -0.25) is 0 Å². The molecule has 0 amide bonds. The molecule has 0 rings (SSSR count). The second-order valence-electron chi connectivity index (χ2n) is 7.33. The Morgan fingerprint density at radius 2 is 1.12 bits per heavy atom. The van der Waals surface area contributed by atoms with Crippen molar-refractivity contribution in [2.24, 2.45) is 0 Å². The van der Waals surface area contributed by atoms with Gasteiger partial charge in [-0.15, -0.1) is 0 Å². The van der Waals surface area contributed by atoms with E-state index < -0.39 is 16.5 Å². The van der Waals surface area contributed by atoms with Crippen molar-refractivity contribution in [3.63, 3.8) is 0 Å². The average Bonchev–Trinajstić information content (AvgIpc) is 1.93. The van der Waals surface area contributed by atoms with Gasteiger partial charge in [0.05, 0.1) is 0 Å². The van der Waals surface area contributed by atoms with Gasteiger partial charge in [-0.2, -0.15) is 0 Å². The lowest BCUT2D eigenvalue weighted by molar-refractivity contribution is 0.576. The Bertz CT molecular complexity index is 197. The number of rotatable bonds is 5. The van der Waals surface area contributed by atoms with E-state index in [1.807, 2.05) is 0 Å². The molecule has 0 aliphatic rings. The predicted molar refractivity (Wildman–Crippen MR) is 83.1 cm³/mol. The molecule has 5 heteroatoms. The summed E-state index contributed by atoms with van der Waals surface area (Å²) in [6.45, 7) is 20.1. The topological polar surface area (TPSA) is 6.48 Å². The van der Waals surface area contributed by atoms with Crippen LogP contribution in [0.15, 0.2) is 0 Å². The van der Waals surface area contributed by atoms with Crippen LogP contribution in [0.2, 0.25) is 45.1 Å². The largest absolute Gasteiger partial charge is 0.374 e. The Hall–Kier alpha value is 0.419. The van der Waals surface area contributed by atoms with Crippen molar-refractivity contribution in [1.82, 2.24) is 8.95 Å². The van der Waals surface area contributed by atoms with Crippen molar-refractivity contribution in [2.75, 3.05) is 14.1 Å². The van der Waals surface area contributed by atoms with E-state index in [1.54, 1.807) is 0 Å². The van der Waals surface area contributed by atoms with Crippen LogP contribution in [0.3, 0.4) is 0 Å². The van der Waals surface area contributed by atoms with Crippen LogP contribution in [0.1, 0.15) is 13.8 Å². The summed E-state index contributed by atoms with van der Waals surface area (Å²) in [6, 6.07) is 0. The van der Waals surface area contributed by atoms with Crippen molar-refractivity contribution in [3.8, 4) is 0 Å². The standard InChI is InChI=1S/C11H31BN2Si2/c1-11(2)12(13(3)4)14(15(5,6)7)16(8,9)10/h11H,1-10H3. The highest BCUT2D eigenvalue weighted by Gasteiger charge is 2.43. The van der Waals surface area contributed by atoms with Gasteiger partial charge in [0.15, 0.2) is 0 Å². The lowest BCUT2D eigenvalue weighted by Crippen LogP contribution is -2.69. The first kappa shape index (κ1) is 16.4. The molecule has 0 aliphatic carbocycles. The molecular weight excluding hydrogens is 227 g/mol. The SMILES string of the molecule is CC(C)B(N(C)C)N([Si](C)(C)C)[Si](C)(C)C. The highest BCUT2D eigenvalue weighted by molar-refractivity contribution is 6.98. The van der Waals surface area contributed by atoms with Crippen molar-refractivity contribution in [2.45, 2.75) is 58.9 Å². The van der Waals surface area contributed by atoms with E-state index in [1.165, 1.54) is 0 Å². The quantitative estimate of drug-likeness (QED) is 0.697. The Balaban J connectivity index is 5.32. The van der Waals surface area contributed by atoms with Crippen LogP contribution in [0, 0.1) is 0 Å². The van der Waals surface area contributed by atoms with E-state index >= 15 is 0 Å². The molecule has 0 N–H and O–H groups in total. The third-order valence-electron chi connectivity index (χ3n) is 2.84. The monoisotopic (exact) mass is 258 g/mol. The van der Waals surface area contributed by atoms with Gasteiger partial charge < -0.3 is 8.95 Å². The maximum absolute atomic E-state index is 2.89. The van der Waals surface area contributed by atoms with E-state index in [-0.39, 0.29) is 0 Å². The zero-order chi connectivity index (χ0) is 13.3. The lowest BCUT2D eigenvalue weighted by Gasteiger charge is -2.50. The molecule has 0 saturated heterocycles. The van der Waals surface area contributed by atoms with E-state index in [4.69, 9.17) is 0 Å². The Kier molecular flexibility index (Phi) is 5.52. The Morgan fingerprint density at radius 1 is 0.812 bits per heavy atom. The maximum Gasteiger partial charge on any atom is 0.299 e. The van der Waals surface area contributed by atoms with Crippen LogP contribution in [-0.2, 0) is 0 Å². The second-order valence-corrected chi connectivity index (χ2v) is 17.4. The van der Waals surface area contributed by atoms with Crippen molar-refractivity contribution < 1.29 is 0 Å². The molecule has 0 bridgehead atoms. The number of hydrogen-bond donors (Lipinski definition) is 0. The van der Waals surface area contributed by atoms with Gasteiger partial charge in [0.1, 0.15) is 16.5 Å². The summed E-state index contributed by atoms with van der Waals surface area (Å²) in [5.41, 5.74) is 0. The van der Waals surface area contributed by atoms with Gasteiger partial charge >= 0.3 is 0 Å². The van der Waals surface area contributed by atoms with Crippen LogP contribution in [0.25, 0.3) is 0 Å². The summed E-state index contributed by atoms with van der Waals surface area (Å²) in [5, 5.41) is 0. The summed E-state index contributed by atoms with van der Waals surface area (Å²) in [7, 11) is 1.93. The fraction of sp³-hybridized carbons (Fsp3) is 1.00. The predicted octanol–water partition coefficient (Wildman–Crippen LogP) is 3.42. The molecule has 0 saturated carbocycles. The third-order valence-corrected chi connectivity index (χ3v) is 10.3. The number of hydrogen-bond acceptors (Lipinski definition) is 2. The first-order valence-corrected chi connectivity index (χ1v) is 13.2. The highest BCUT2D eigenvalue weighted by atomic mass is 28.4. The van der Waals surface area contributed by atoms with Crippen molar-refractivity contribution in [1.29, 1.82) is 0 Å². The zero-order valence-corrected chi connectivity index (χ0v) is 15.0. The van der Waals surface area contributed by atoms with Crippen molar-refractivity contribution in [3.05, 3.63) is 0 Å². The molecule has 0 spiro atoms. The van der Waals surface area contributed by atoms with E-state index in [2.05, 4.69) is 76.2 Å². The Labute approximate surface area is 106 Å². The van der Waals surface area contributed by atoms with Gasteiger partial charge in [0.2, 0.25) is 0 Å². The van der Waals surface area contributed by atoms with Gasteiger partial charge in [0.25, 0.3) is 6.98 Å². The Morgan fingerprint density at radius 3 is 1.19 bits per heavy atom. The molecule has 0 aromatic heterocycles. The van der Waals surface area contributed by atoms with Crippen LogP contribution < -0.4 is 0 Å².